The van der Waals surface area contributed by atoms with Gasteiger partial charge in [-0.1, -0.05) is 42.5 Å². The molecular formula is C26H18N4O2. The van der Waals surface area contributed by atoms with E-state index in [0.717, 1.165) is 27.6 Å². The van der Waals surface area contributed by atoms with Crippen LogP contribution in [0.5, 0.6) is 0 Å². The summed E-state index contributed by atoms with van der Waals surface area (Å²) in [5.74, 6) is -0.587. The zero-order valence-electron chi connectivity index (χ0n) is 17.1. The van der Waals surface area contributed by atoms with E-state index >= 15 is 0 Å². The molecule has 1 aliphatic rings. The predicted molar refractivity (Wildman–Crippen MR) is 121 cm³/mol. The van der Waals surface area contributed by atoms with Crippen molar-refractivity contribution in [1.29, 1.82) is 0 Å². The number of nitrogens with zero attached hydrogens (tertiary/aromatic N) is 4. The van der Waals surface area contributed by atoms with E-state index in [1.807, 2.05) is 42.6 Å². The normalized spacial score (nSPS) is 13.3. The van der Waals surface area contributed by atoms with Crippen molar-refractivity contribution >= 4 is 33.8 Å². The highest BCUT2D eigenvalue weighted by atomic mass is 16.2. The summed E-state index contributed by atoms with van der Waals surface area (Å²) < 4.78 is 2.11. The van der Waals surface area contributed by atoms with Gasteiger partial charge in [0.15, 0.2) is 0 Å². The van der Waals surface area contributed by atoms with Crippen molar-refractivity contribution in [3.05, 3.63) is 108 Å². The van der Waals surface area contributed by atoms with Gasteiger partial charge >= 0.3 is 0 Å². The maximum Gasteiger partial charge on any atom is 0.261 e. The molecule has 0 unspecified atom stereocenters. The van der Waals surface area contributed by atoms with E-state index in [-0.39, 0.29) is 18.4 Å². The van der Waals surface area contributed by atoms with Crippen LogP contribution in [0.3, 0.4) is 0 Å². The van der Waals surface area contributed by atoms with Gasteiger partial charge in [-0.3, -0.25) is 14.5 Å². The highest BCUT2D eigenvalue weighted by Crippen LogP contribution is 2.26. The van der Waals surface area contributed by atoms with E-state index < -0.39 is 0 Å². The average molecular weight is 418 g/mol. The smallest absolute Gasteiger partial charge is 0.261 e. The van der Waals surface area contributed by atoms with Gasteiger partial charge in [-0.2, -0.15) is 0 Å². The van der Waals surface area contributed by atoms with Gasteiger partial charge in [0.1, 0.15) is 0 Å². The number of aromatic nitrogens is 3. The molecule has 0 bridgehead atoms. The lowest BCUT2D eigenvalue weighted by Gasteiger charge is -2.17. The third-order valence-electron chi connectivity index (χ3n) is 5.91. The molecule has 0 N–H and O–H groups in total. The molecule has 0 fully saturated rings. The van der Waals surface area contributed by atoms with Gasteiger partial charge in [-0.15, -0.1) is 0 Å². The second-order valence-electron chi connectivity index (χ2n) is 7.85. The van der Waals surface area contributed by atoms with Crippen molar-refractivity contribution in [2.45, 2.75) is 13.1 Å². The number of rotatable bonds is 4. The van der Waals surface area contributed by atoms with Crippen LogP contribution in [0.15, 0.2) is 85.1 Å². The number of imide groups is 1. The Morgan fingerprint density at radius 1 is 0.625 bits per heavy atom. The van der Waals surface area contributed by atoms with Gasteiger partial charge in [0.05, 0.1) is 46.6 Å². The lowest BCUT2D eigenvalue weighted by molar-refractivity contribution is 0.0640. The molecule has 0 aliphatic carbocycles. The first-order chi connectivity index (χ1) is 15.7. The Hall–Kier alpha value is -4.32. The fourth-order valence-electron chi connectivity index (χ4n) is 4.30. The lowest BCUT2D eigenvalue weighted by atomic mass is 10.1. The third-order valence-corrected chi connectivity index (χ3v) is 5.91. The molecule has 2 aromatic heterocycles. The molecule has 0 radical (unpaired) electrons. The van der Waals surface area contributed by atoms with Gasteiger partial charge in [0.25, 0.3) is 11.8 Å². The maximum absolute atomic E-state index is 12.9. The molecule has 1 aliphatic heterocycles. The first-order valence-corrected chi connectivity index (χ1v) is 10.4. The van der Waals surface area contributed by atoms with Crippen molar-refractivity contribution in [2.75, 3.05) is 0 Å². The van der Waals surface area contributed by atoms with Crippen LogP contribution in [-0.4, -0.2) is 31.2 Å². The Morgan fingerprint density at radius 2 is 1.19 bits per heavy atom. The molecule has 5 aromatic rings. The van der Waals surface area contributed by atoms with Crippen molar-refractivity contribution < 1.29 is 9.59 Å². The van der Waals surface area contributed by atoms with Gasteiger partial charge in [0, 0.05) is 11.7 Å². The van der Waals surface area contributed by atoms with Crippen LogP contribution >= 0.6 is 0 Å². The maximum atomic E-state index is 12.9. The molecule has 3 heterocycles. The minimum atomic E-state index is -0.294. The molecule has 0 saturated carbocycles. The molecule has 3 aromatic carbocycles. The summed E-state index contributed by atoms with van der Waals surface area (Å²) in [4.78, 5) is 36.8. The summed E-state index contributed by atoms with van der Waals surface area (Å²) in [6, 6.07) is 24.8. The molecule has 6 rings (SSSR count). The third kappa shape index (κ3) is 2.88. The number of fused-ring (bicyclic) bond motifs is 3. The number of hydrogen-bond donors (Lipinski definition) is 0. The molecule has 0 saturated heterocycles. The SMILES string of the molecule is O=C1c2ccccc2C(=O)N1Cc1nc2ccccc2nc1Cn1ccc2ccccc21. The molecule has 6 heteroatoms. The fraction of sp³-hybridized carbons (Fsp3) is 0.0769. The largest absolute Gasteiger partial charge is 0.341 e. The second-order valence-corrected chi connectivity index (χ2v) is 7.85. The topological polar surface area (TPSA) is 68.1 Å². The molecule has 154 valence electrons. The van der Waals surface area contributed by atoms with E-state index in [9.17, 15) is 9.59 Å². The minimum Gasteiger partial charge on any atom is -0.341 e. The zero-order chi connectivity index (χ0) is 21.7. The summed E-state index contributed by atoms with van der Waals surface area (Å²) in [6.07, 6.45) is 2.02. The lowest BCUT2D eigenvalue weighted by Crippen LogP contribution is -2.30. The van der Waals surface area contributed by atoms with Gasteiger partial charge < -0.3 is 4.57 Å². The Kier molecular flexibility index (Phi) is 4.11. The van der Waals surface area contributed by atoms with Crippen LogP contribution in [0.4, 0.5) is 0 Å². The molecule has 0 spiro atoms. The van der Waals surface area contributed by atoms with Gasteiger partial charge in [0.2, 0.25) is 0 Å². The molecule has 6 nitrogen and oxygen atoms in total. The van der Waals surface area contributed by atoms with Crippen LogP contribution in [0.25, 0.3) is 21.9 Å². The Balaban J connectivity index is 1.43. The summed E-state index contributed by atoms with van der Waals surface area (Å²) in [6.45, 7) is 0.572. The first-order valence-electron chi connectivity index (χ1n) is 10.4. The standard InChI is InChI=1S/C26H18N4O2/c31-25-18-8-2-3-9-19(18)26(32)30(25)16-23-22(27-20-10-4-5-11-21(20)28-23)15-29-14-13-17-7-1-6-12-24(17)29/h1-14H,15-16H2. The fourth-order valence-corrected chi connectivity index (χ4v) is 4.30. The second kappa shape index (κ2) is 7.13. The van der Waals surface area contributed by atoms with Crippen molar-refractivity contribution in [3.8, 4) is 0 Å². The molecule has 0 atom stereocenters. The predicted octanol–water partition coefficient (Wildman–Crippen LogP) is 4.43. The van der Waals surface area contributed by atoms with Crippen molar-refractivity contribution in [2.24, 2.45) is 0 Å². The highest BCUT2D eigenvalue weighted by Gasteiger charge is 2.35. The number of para-hydroxylation sites is 3. The van der Waals surface area contributed by atoms with Crippen molar-refractivity contribution in [1.82, 2.24) is 19.4 Å². The van der Waals surface area contributed by atoms with Crippen molar-refractivity contribution in [3.63, 3.8) is 0 Å². The Labute approximate surface area is 183 Å². The quantitative estimate of drug-likeness (QED) is 0.405. The number of carbonyl (C=O) groups is 2. The molecule has 32 heavy (non-hydrogen) atoms. The van der Waals surface area contributed by atoms with E-state index in [1.54, 1.807) is 24.3 Å². The number of benzene rings is 3. The summed E-state index contributed by atoms with van der Waals surface area (Å²) in [7, 11) is 0. The zero-order valence-corrected chi connectivity index (χ0v) is 17.1. The minimum absolute atomic E-state index is 0.0821. The highest BCUT2D eigenvalue weighted by molar-refractivity contribution is 6.21. The Morgan fingerprint density at radius 3 is 1.88 bits per heavy atom. The number of hydrogen-bond acceptors (Lipinski definition) is 4. The summed E-state index contributed by atoms with van der Waals surface area (Å²) in [5, 5.41) is 1.14. The van der Waals surface area contributed by atoms with Gasteiger partial charge in [-0.25, -0.2) is 9.97 Å². The average Bonchev–Trinajstić information content (AvgIpc) is 3.34. The van der Waals surface area contributed by atoms with Crippen LogP contribution in [0, 0.1) is 0 Å². The van der Waals surface area contributed by atoms with E-state index in [0.29, 0.717) is 23.4 Å². The molecule has 2 amide bonds. The van der Waals surface area contributed by atoms with E-state index in [1.165, 1.54) is 4.90 Å². The first kappa shape index (κ1) is 18.4. The summed E-state index contributed by atoms with van der Waals surface area (Å²) in [5.41, 5.74) is 4.84. The van der Waals surface area contributed by atoms with E-state index in [4.69, 9.17) is 9.97 Å². The monoisotopic (exact) mass is 418 g/mol. The van der Waals surface area contributed by atoms with Crippen LogP contribution < -0.4 is 0 Å². The summed E-state index contributed by atoms with van der Waals surface area (Å²) >= 11 is 0. The van der Waals surface area contributed by atoms with E-state index in [2.05, 4.69) is 22.8 Å². The van der Waals surface area contributed by atoms with Gasteiger partial charge in [-0.05, 0) is 41.8 Å². The van der Waals surface area contributed by atoms with Crippen LogP contribution in [0.1, 0.15) is 32.1 Å². The number of amides is 2. The number of carbonyl (C=O) groups excluding carboxylic acids is 2. The molecular weight excluding hydrogens is 400 g/mol. The van der Waals surface area contributed by atoms with Crippen LogP contribution in [-0.2, 0) is 13.1 Å². The van der Waals surface area contributed by atoms with Crippen LogP contribution in [0.2, 0.25) is 0 Å². The Bertz CT molecular complexity index is 1500.